The van der Waals surface area contributed by atoms with E-state index in [1.165, 1.54) is 0 Å². The van der Waals surface area contributed by atoms with E-state index < -0.39 is 17.7 Å². The van der Waals surface area contributed by atoms with Crippen molar-refractivity contribution in [2.45, 2.75) is 18.9 Å². The molecule has 2 rings (SSSR count). The Balaban J connectivity index is 2.01. The standard InChI is InChI=1S/C10H10F2N2O/c11-6-1-4-8(12)9(5-6)14-10(15)13-7-2-3-7/h1,4-5,7H,2-3H2,(H2,13,14,15). The molecule has 5 heteroatoms. The quantitative estimate of drug-likeness (QED) is 0.775. The SMILES string of the molecule is O=C(Nc1cc(F)ccc1F)NC1CC1. The number of amides is 2. The van der Waals surface area contributed by atoms with Crippen LogP contribution in [0, 0.1) is 11.6 Å². The smallest absolute Gasteiger partial charge is 0.319 e. The van der Waals surface area contributed by atoms with Gasteiger partial charge in [0.2, 0.25) is 0 Å². The Morgan fingerprint density at radius 1 is 1.33 bits per heavy atom. The summed E-state index contributed by atoms with van der Waals surface area (Å²) in [5, 5.41) is 4.87. The summed E-state index contributed by atoms with van der Waals surface area (Å²) in [5.41, 5.74) is -0.145. The summed E-state index contributed by atoms with van der Waals surface area (Å²) in [6, 6.07) is 2.60. The molecule has 0 aromatic heterocycles. The van der Waals surface area contributed by atoms with Crippen molar-refractivity contribution in [1.29, 1.82) is 0 Å². The molecule has 0 saturated heterocycles. The molecule has 1 fully saturated rings. The third-order valence-corrected chi connectivity index (χ3v) is 2.09. The fourth-order valence-corrected chi connectivity index (χ4v) is 1.16. The Bertz CT molecular complexity index is 391. The number of nitrogens with one attached hydrogen (secondary N) is 2. The summed E-state index contributed by atoms with van der Waals surface area (Å²) >= 11 is 0. The minimum Gasteiger partial charge on any atom is -0.335 e. The Morgan fingerprint density at radius 3 is 2.73 bits per heavy atom. The predicted octanol–water partition coefficient (Wildman–Crippen LogP) is 2.25. The molecule has 80 valence electrons. The maximum absolute atomic E-state index is 13.1. The normalized spacial score (nSPS) is 14.8. The topological polar surface area (TPSA) is 41.1 Å². The van der Waals surface area contributed by atoms with Gasteiger partial charge in [-0.05, 0) is 25.0 Å². The summed E-state index contributed by atoms with van der Waals surface area (Å²) in [4.78, 5) is 11.2. The molecule has 0 bridgehead atoms. The molecular formula is C10H10F2N2O. The average Bonchev–Trinajstić information content (AvgIpc) is 2.95. The van der Waals surface area contributed by atoms with Gasteiger partial charge in [0.25, 0.3) is 0 Å². The number of carbonyl (C=O) groups excluding carboxylic acids is 1. The lowest BCUT2D eigenvalue weighted by Crippen LogP contribution is -2.30. The largest absolute Gasteiger partial charge is 0.335 e. The van der Waals surface area contributed by atoms with E-state index >= 15 is 0 Å². The second-order valence-corrected chi connectivity index (χ2v) is 3.50. The van der Waals surface area contributed by atoms with Gasteiger partial charge in [0.1, 0.15) is 11.6 Å². The van der Waals surface area contributed by atoms with Gasteiger partial charge in [-0.2, -0.15) is 0 Å². The van der Waals surface area contributed by atoms with Gasteiger partial charge in [-0.25, -0.2) is 13.6 Å². The summed E-state index contributed by atoms with van der Waals surface area (Å²) in [6.45, 7) is 0. The monoisotopic (exact) mass is 212 g/mol. The number of carbonyl (C=O) groups is 1. The highest BCUT2D eigenvalue weighted by Gasteiger charge is 2.23. The highest BCUT2D eigenvalue weighted by atomic mass is 19.1. The van der Waals surface area contributed by atoms with Crippen LogP contribution in [0.4, 0.5) is 19.3 Å². The maximum atomic E-state index is 13.1. The first-order valence-electron chi connectivity index (χ1n) is 4.68. The van der Waals surface area contributed by atoms with Crippen LogP contribution >= 0.6 is 0 Å². The van der Waals surface area contributed by atoms with Gasteiger partial charge in [0.05, 0.1) is 5.69 Å². The van der Waals surface area contributed by atoms with Gasteiger partial charge in [-0.1, -0.05) is 0 Å². The van der Waals surface area contributed by atoms with E-state index in [1.54, 1.807) is 0 Å². The van der Waals surface area contributed by atoms with E-state index in [9.17, 15) is 13.6 Å². The summed E-state index contributed by atoms with van der Waals surface area (Å²) in [5.74, 6) is -1.24. The van der Waals surface area contributed by atoms with Crippen molar-refractivity contribution in [2.24, 2.45) is 0 Å². The van der Waals surface area contributed by atoms with Gasteiger partial charge >= 0.3 is 6.03 Å². The van der Waals surface area contributed by atoms with Gasteiger partial charge in [-0.3, -0.25) is 0 Å². The molecule has 1 aliphatic rings. The molecule has 0 atom stereocenters. The maximum Gasteiger partial charge on any atom is 0.319 e. The van der Waals surface area contributed by atoms with Crippen molar-refractivity contribution in [3.8, 4) is 0 Å². The minimum atomic E-state index is -0.651. The number of hydrogen-bond acceptors (Lipinski definition) is 1. The molecule has 0 unspecified atom stereocenters. The molecule has 0 heterocycles. The first-order chi connectivity index (χ1) is 7.15. The van der Waals surface area contributed by atoms with Crippen molar-refractivity contribution in [3.05, 3.63) is 29.8 Å². The van der Waals surface area contributed by atoms with Crippen molar-refractivity contribution >= 4 is 11.7 Å². The summed E-state index contributed by atoms with van der Waals surface area (Å²) in [6.07, 6.45) is 1.89. The fraction of sp³-hybridized carbons (Fsp3) is 0.300. The number of hydrogen-bond donors (Lipinski definition) is 2. The molecule has 0 radical (unpaired) electrons. The number of benzene rings is 1. The number of rotatable bonds is 2. The van der Waals surface area contributed by atoms with Crippen molar-refractivity contribution in [3.63, 3.8) is 0 Å². The van der Waals surface area contributed by atoms with Crippen molar-refractivity contribution in [1.82, 2.24) is 5.32 Å². The Kier molecular flexibility index (Phi) is 2.53. The Labute approximate surface area is 85.5 Å². The van der Waals surface area contributed by atoms with E-state index in [-0.39, 0.29) is 11.7 Å². The molecule has 1 aromatic rings. The molecule has 2 amide bonds. The predicted molar refractivity (Wildman–Crippen MR) is 51.5 cm³/mol. The molecule has 2 N–H and O–H groups in total. The second-order valence-electron chi connectivity index (χ2n) is 3.50. The Morgan fingerprint density at radius 2 is 2.07 bits per heavy atom. The van der Waals surface area contributed by atoms with Gasteiger partial charge in [0.15, 0.2) is 0 Å². The van der Waals surface area contributed by atoms with Crippen molar-refractivity contribution in [2.75, 3.05) is 5.32 Å². The molecule has 3 nitrogen and oxygen atoms in total. The zero-order chi connectivity index (χ0) is 10.8. The van der Waals surface area contributed by atoms with E-state index in [2.05, 4.69) is 10.6 Å². The number of halogens is 2. The summed E-state index contributed by atoms with van der Waals surface area (Å²) in [7, 11) is 0. The highest BCUT2D eigenvalue weighted by molar-refractivity contribution is 5.89. The van der Waals surface area contributed by atoms with Crippen LogP contribution in [0.15, 0.2) is 18.2 Å². The van der Waals surface area contributed by atoms with Gasteiger partial charge in [0, 0.05) is 12.1 Å². The zero-order valence-electron chi connectivity index (χ0n) is 7.89. The van der Waals surface area contributed by atoms with Crippen LogP contribution in [0.5, 0.6) is 0 Å². The molecule has 0 spiro atoms. The molecule has 1 aromatic carbocycles. The third kappa shape index (κ3) is 2.65. The van der Waals surface area contributed by atoms with Crippen LogP contribution in [-0.4, -0.2) is 12.1 Å². The molecule has 15 heavy (non-hydrogen) atoms. The zero-order valence-corrected chi connectivity index (χ0v) is 7.89. The number of urea groups is 1. The van der Waals surface area contributed by atoms with E-state index in [0.29, 0.717) is 0 Å². The lowest BCUT2D eigenvalue weighted by molar-refractivity contribution is 0.251. The first-order valence-corrected chi connectivity index (χ1v) is 4.68. The molecule has 1 aliphatic carbocycles. The van der Waals surface area contributed by atoms with Crippen molar-refractivity contribution < 1.29 is 13.6 Å². The van der Waals surface area contributed by atoms with E-state index in [1.807, 2.05) is 0 Å². The van der Waals surface area contributed by atoms with E-state index in [4.69, 9.17) is 0 Å². The lowest BCUT2D eigenvalue weighted by atomic mass is 10.3. The van der Waals surface area contributed by atoms with Crippen LogP contribution < -0.4 is 10.6 Å². The first kappa shape index (κ1) is 9.89. The van der Waals surface area contributed by atoms with Gasteiger partial charge < -0.3 is 10.6 Å². The summed E-state index contributed by atoms with van der Waals surface area (Å²) < 4.78 is 25.8. The fourth-order valence-electron chi connectivity index (χ4n) is 1.16. The van der Waals surface area contributed by atoms with E-state index in [0.717, 1.165) is 31.0 Å². The minimum absolute atomic E-state index is 0.145. The van der Waals surface area contributed by atoms with Crippen LogP contribution in [0.25, 0.3) is 0 Å². The highest BCUT2D eigenvalue weighted by Crippen LogP contribution is 2.19. The van der Waals surface area contributed by atoms with Crippen LogP contribution in [0.1, 0.15) is 12.8 Å². The lowest BCUT2D eigenvalue weighted by Gasteiger charge is -2.07. The van der Waals surface area contributed by atoms with Crippen LogP contribution in [-0.2, 0) is 0 Å². The molecular weight excluding hydrogens is 202 g/mol. The number of anilines is 1. The Hall–Kier alpha value is -1.65. The average molecular weight is 212 g/mol. The second kappa shape index (κ2) is 3.84. The van der Waals surface area contributed by atoms with Crippen LogP contribution in [0.2, 0.25) is 0 Å². The molecule has 0 aliphatic heterocycles. The third-order valence-electron chi connectivity index (χ3n) is 2.09. The molecule has 1 saturated carbocycles. The van der Waals surface area contributed by atoms with Crippen LogP contribution in [0.3, 0.4) is 0 Å². The van der Waals surface area contributed by atoms with Gasteiger partial charge in [-0.15, -0.1) is 0 Å².